The third-order valence-electron chi connectivity index (χ3n) is 4.68. The van der Waals surface area contributed by atoms with E-state index >= 15 is 0 Å². The molecule has 0 unspecified atom stereocenters. The Bertz CT molecular complexity index is 1210. The topological polar surface area (TPSA) is 102 Å². The highest BCUT2D eigenvalue weighted by Gasteiger charge is 2.11. The van der Waals surface area contributed by atoms with Crippen LogP contribution in [0.15, 0.2) is 73.1 Å². The van der Waals surface area contributed by atoms with Gasteiger partial charge >= 0.3 is 0 Å². The number of nitrogens with zero attached hydrogens (tertiary/aromatic N) is 2. The second-order valence-corrected chi connectivity index (χ2v) is 7.04. The average Bonchev–Trinajstić information content (AvgIpc) is 3.13. The van der Waals surface area contributed by atoms with Gasteiger partial charge in [0.1, 0.15) is 12.2 Å². The number of carbonyl (C=O) groups excluding carboxylic acids is 2. The Morgan fingerprint density at radius 1 is 0.933 bits per heavy atom. The van der Waals surface area contributed by atoms with E-state index < -0.39 is 0 Å². The molecule has 2 aromatic heterocycles. The molecule has 4 aromatic rings. The second kappa shape index (κ2) is 8.08. The Morgan fingerprint density at radius 2 is 1.53 bits per heavy atom. The fourth-order valence-corrected chi connectivity index (χ4v) is 3.17. The van der Waals surface area contributed by atoms with E-state index in [0.717, 1.165) is 22.2 Å². The van der Waals surface area contributed by atoms with Crippen LogP contribution in [0.5, 0.6) is 0 Å². The lowest BCUT2D eigenvalue weighted by Gasteiger charge is -2.09. The van der Waals surface area contributed by atoms with E-state index in [0.29, 0.717) is 17.2 Å². The van der Waals surface area contributed by atoms with Gasteiger partial charge in [0.05, 0.1) is 5.52 Å². The Hall–Kier alpha value is -4.13. The van der Waals surface area contributed by atoms with Gasteiger partial charge in [0.25, 0.3) is 0 Å². The summed E-state index contributed by atoms with van der Waals surface area (Å²) in [6.45, 7) is 1.97. The van der Waals surface area contributed by atoms with Gasteiger partial charge in [0.2, 0.25) is 11.8 Å². The maximum absolute atomic E-state index is 12.2. The number of nitrogens with one attached hydrogen (secondary N) is 2. The van der Waals surface area contributed by atoms with Gasteiger partial charge < -0.3 is 20.9 Å². The smallest absolute Gasteiger partial charge is 0.233 e. The maximum atomic E-state index is 12.2. The van der Waals surface area contributed by atoms with Crippen molar-refractivity contribution in [3.8, 4) is 5.69 Å². The minimum absolute atomic E-state index is 0.260. The molecule has 30 heavy (non-hydrogen) atoms. The summed E-state index contributed by atoms with van der Waals surface area (Å²) >= 11 is 0. The minimum atomic E-state index is -0.377. The number of aryl methyl sites for hydroxylation is 1. The standard InChI is InChI=1S/C23H21N5O2/c1-15-2-4-17(5-3-15)26-22(29)13-23(30)27-18-6-8-19(9-7-18)28-11-10-16-14-25-21(24)12-20(16)28/h2-12,14H,13H2,1H3,(H2,24,25)(H,26,29)(H,27,30). The van der Waals surface area contributed by atoms with Crippen molar-refractivity contribution in [2.24, 2.45) is 0 Å². The zero-order chi connectivity index (χ0) is 21.1. The number of hydrogen-bond donors (Lipinski definition) is 3. The van der Waals surface area contributed by atoms with Crippen molar-refractivity contribution in [1.29, 1.82) is 0 Å². The Morgan fingerprint density at radius 3 is 2.17 bits per heavy atom. The molecule has 2 aromatic carbocycles. The van der Waals surface area contributed by atoms with E-state index in [1.54, 1.807) is 30.5 Å². The van der Waals surface area contributed by atoms with E-state index in [1.807, 2.05) is 54.1 Å². The molecule has 7 heteroatoms. The summed E-state index contributed by atoms with van der Waals surface area (Å²) in [5.74, 6) is -0.286. The molecule has 0 spiro atoms. The van der Waals surface area contributed by atoms with Crippen molar-refractivity contribution in [3.63, 3.8) is 0 Å². The van der Waals surface area contributed by atoms with Crippen LogP contribution in [-0.2, 0) is 9.59 Å². The number of nitrogens with two attached hydrogens (primary N) is 1. The van der Waals surface area contributed by atoms with E-state index in [-0.39, 0.29) is 18.2 Å². The number of aromatic nitrogens is 2. The molecule has 0 fully saturated rings. The zero-order valence-corrected chi connectivity index (χ0v) is 16.4. The molecule has 7 nitrogen and oxygen atoms in total. The predicted octanol–water partition coefficient (Wildman–Crippen LogP) is 3.88. The molecule has 0 radical (unpaired) electrons. The summed E-state index contributed by atoms with van der Waals surface area (Å²) in [4.78, 5) is 28.4. The van der Waals surface area contributed by atoms with Crippen molar-refractivity contribution in [1.82, 2.24) is 9.55 Å². The van der Waals surface area contributed by atoms with Gasteiger partial charge in [-0.2, -0.15) is 0 Å². The molecule has 2 heterocycles. The number of fused-ring (bicyclic) bond motifs is 1. The SMILES string of the molecule is Cc1ccc(NC(=O)CC(=O)Nc2ccc(-n3ccc4cnc(N)cc43)cc2)cc1. The quantitative estimate of drug-likeness (QED) is 0.443. The average molecular weight is 399 g/mol. The zero-order valence-electron chi connectivity index (χ0n) is 16.4. The number of pyridine rings is 1. The molecule has 2 amide bonds. The highest BCUT2D eigenvalue weighted by Crippen LogP contribution is 2.22. The van der Waals surface area contributed by atoms with Gasteiger partial charge in [-0.05, 0) is 49.4 Å². The number of anilines is 3. The van der Waals surface area contributed by atoms with Crippen LogP contribution < -0.4 is 16.4 Å². The number of nitrogen functional groups attached to an aromatic ring is 1. The number of benzene rings is 2. The highest BCUT2D eigenvalue weighted by molar-refractivity contribution is 6.08. The lowest BCUT2D eigenvalue weighted by molar-refractivity contribution is -0.123. The summed E-state index contributed by atoms with van der Waals surface area (Å²) in [7, 11) is 0. The van der Waals surface area contributed by atoms with Crippen LogP contribution in [0, 0.1) is 6.92 Å². The Balaban J connectivity index is 1.39. The third kappa shape index (κ3) is 4.30. The lowest BCUT2D eigenvalue weighted by Crippen LogP contribution is -2.21. The number of amides is 2. The molecular formula is C23H21N5O2. The van der Waals surface area contributed by atoms with Crippen LogP contribution in [-0.4, -0.2) is 21.4 Å². The first-order valence-electron chi connectivity index (χ1n) is 9.47. The lowest BCUT2D eigenvalue weighted by atomic mass is 10.2. The van der Waals surface area contributed by atoms with E-state index in [9.17, 15) is 9.59 Å². The molecule has 0 aliphatic rings. The summed E-state index contributed by atoms with van der Waals surface area (Å²) in [5.41, 5.74) is 10.1. The van der Waals surface area contributed by atoms with Crippen LogP contribution in [0.1, 0.15) is 12.0 Å². The summed E-state index contributed by atoms with van der Waals surface area (Å²) in [5, 5.41) is 6.45. The van der Waals surface area contributed by atoms with Crippen LogP contribution >= 0.6 is 0 Å². The normalized spacial score (nSPS) is 10.7. The van der Waals surface area contributed by atoms with Gasteiger partial charge in [0, 0.05) is 40.9 Å². The minimum Gasteiger partial charge on any atom is -0.384 e. The fourth-order valence-electron chi connectivity index (χ4n) is 3.17. The van der Waals surface area contributed by atoms with Gasteiger partial charge in [-0.3, -0.25) is 9.59 Å². The van der Waals surface area contributed by atoms with E-state index in [2.05, 4.69) is 15.6 Å². The number of hydrogen-bond acceptors (Lipinski definition) is 4. The summed E-state index contributed by atoms with van der Waals surface area (Å²) < 4.78 is 1.99. The van der Waals surface area contributed by atoms with Gasteiger partial charge in [-0.25, -0.2) is 4.98 Å². The molecule has 0 bridgehead atoms. The first-order chi connectivity index (χ1) is 14.5. The van der Waals surface area contributed by atoms with Crippen molar-refractivity contribution >= 4 is 39.9 Å². The molecule has 0 aliphatic carbocycles. The molecule has 150 valence electrons. The molecule has 0 aliphatic heterocycles. The molecule has 4 rings (SSSR count). The number of rotatable bonds is 5. The first kappa shape index (κ1) is 19.2. The molecule has 0 saturated heterocycles. The first-order valence-corrected chi connectivity index (χ1v) is 9.47. The van der Waals surface area contributed by atoms with E-state index in [1.165, 1.54) is 0 Å². The van der Waals surface area contributed by atoms with Crippen molar-refractivity contribution < 1.29 is 9.59 Å². The highest BCUT2D eigenvalue weighted by atomic mass is 16.2. The van der Waals surface area contributed by atoms with Crippen LogP contribution in [0.3, 0.4) is 0 Å². The molecule has 0 saturated carbocycles. The van der Waals surface area contributed by atoms with Crippen molar-refractivity contribution in [2.45, 2.75) is 13.3 Å². The summed E-state index contributed by atoms with van der Waals surface area (Å²) in [6, 6.07) is 18.5. The third-order valence-corrected chi connectivity index (χ3v) is 4.68. The Labute approximate surface area is 173 Å². The monoisotopic (exact) mass is 399 g/mol. The van der Waals surface area contributed by atoms with Crippen molar-refractivity contribution in [3.05, 3.63) is 78.6 Å². The van der Waals surface area contributed by atoms with Gasteiger partial charge in [-0.1, -0.05) is 17.7 Å². The van der Waals surface area contributed by atoms with Gasteiger partial charge in [0.15, 0.2) is 0 Å². The largest absolute Gasteiger partial charge is 0.384 e. The number of carbonyl (C=O) groups is 2. The Kier molecular flexibility index (Phi) is 5.17. The second-order valence-electron chi connectivity index (χ2n) is 7.04. The molecule has 0 atom stereocenters. The van der Waals surface area contributed by atoms with Crippen LogP contribution in [0.4, 0.5) is 17.2 Å². The van der Waals surface area contributed by atoms with Crippen molar-refractivity contribution in [2.75, 3.05) is 16.4 Å². The summed E-state index contributed by atoms with van der Waals surface area (Å²) in [6.07, 6.45) is 3.41. The maximum Gasteiger partial charge on any atom is 0.233 e. The van der Waals surface area contributed by atoms with Crippen LogP contribution in [0.25, 0.3) is 16.6 Å². The molecular weight excluding hydrogens is 378 g/mol. The fraction of sp³-hybridized carbons (Fsp3) is 0.0870. The van der Waals surface area contributed by atoms with Gasteiger partial charge in [-0.15, -0.1) is 0 Å². The predicted molar refractivity (Wildman–Crippen MR) is 119 cm³/mol. The van der Waals surface area contributed by atoms with Crippen LogP contribution in [0.2, 0.25) is 0 Å². The van der Waals surface area contributed by atoms with E-state index in [4.69, 9.17) is 5.73 Å². The molecule has 4 N–H and O–H groups in total.